The summed E-state index contributed by atoms with van der Waals surface area (Å²) in [7, 11) is 0. The van der Waals surface area contributed by atoms with E-state index in [4.69, 9.17) is 34.9 Å². The SMILES string of the molecule is c1ccc(-c2ccc(-c3cc(-c4cccc(-n5c6ccccc6c6c7sccc7ccc65)c4)nc(-c4ccccc4)n3)cc2)cc1.c1ccc(-c2ccc(-c3cc(-c4ccccc4)nc(-c4cccc(-n5c6ccccc6c6c7sccc7ccc65)c4)n3)cc2)cc1.c1ccc(-c2ccc(-c3nc(-c4ccccc4)nc(-c4cccc(-n5c6ccccc6c6c7sccc7ccc65)c4)n3)cc2)cc1. The van der Waals surface area contributed by atoms with Gasteiger partial charge in [0, 0.05) is 114 Å². The summed E-state index contributed by atoms with van der Waals surface area (Å²) in [6.45, 7) is 0. The maximum absolute atomic E-state index is 5.16. The van der Waals surface area contributed by atoms with E-state index in [1.54, 1.807) is 22.7 Å². The second-order valence-corrected chi connectivity index (χ2v) is 37.0. The second-order valence-electron chi connectivity index (χ2n) is 34.3. The lowest BCUT2D eigenvalue weighted by atomic mass is 10.0. The fourth-order valence-corrected chi connectivity index (χ4v) is 22.2. The molecule has 0 saturated heterocycles. The summed E-state index contributed by atoms with van der Waals surface area (Å²) in [5, 5.41) is 18.1. The van der Waals surface area contributed by atoms with Gasteiger partial charge in [0.05, 0.1) is 55.9 Å². The van der Waals surface area contributed by atoms with Crippen LogP contribution in [0.1, 0.15) is 0 Å². The maximum atomic E-state index is 5.16. The van der Waals surface area contributed by atoms with Gasteiger partial charge in [0.2, 0.25) is 0 Å². The molecule has 648 valence electrons. The van der Waals surface area contributed by atoms with Crippen molar-refractivity contribution in [2.75, 3.05) is 0 Å². The molecule has 13 heteroatoms. The van der Waals surface area contributed by atoms with Crippen LogP contribution in [0, 0.1) is 0 Å². The summed E-state index contributed by atoms with van der Waals surface area (Å²) in [6, 6.07) is 164. The third-order valence-corrected chi connectivity index (χ3v) is 28.8. The van der Waals surface area contributed by atoms with Crippen LogP contribution in [0.5, 0.6) is 0 Å². The van der Waals surface area contributed by atoms with E-state index >= 15 is 0 Å². The lowest BCUT2D eigenvalue weighted by molar-refractivity contribution is 1.07. The number of aromatic nitrogens is 10. The van der Waals surface area contributed by atoms with Gasteiger partial charge in [-0.05, 0) is 169 Å². The molecule has 0 N–H and O–H groups in total. The number of rotatable bonds is 15. The highest BCUT2D eigenvalue weighted by Crippen LogP contribution is 2.45. The predicted molar refractivity (Wildman–Crippen MR) is 578 cm³/mol. The molecule has 18 aromatic carbocycles. The third kappa shape index (κ3) is 15.5. The van der Waals surface area contributed by atoms with Crippen LogP contribution in [0.25, 0.3) is 248 Å². The molecule has 0 amide bonds. The fraction of sp³-hybridized carbons (Fsp3) is 0. The molecule has 27 rings (SSSR count). The Morgan fingerprint density at radius 1 is 0.152 bits per heavy atom. The van der Waals surface area contributed by atoms with E-state index in [2.05, 4.69) is 424 Å². The van der Waals surface area contributed by atoms with Crippen molar-refractivity contribution in [3.8, 4) is 152 Å². The van der Waals surface area contributed by atoms with E-state index in [9.17, 15) is 0 Å². The zero-order valence-corrected chi connectivity index (χ0v) is 76.8. The van der Waals surface area contributed by atoms with Gasteiger partial charge < -0.3 is 13.7 Å². The first-order chi connectivity index (χ1) is 68.4. The molecule has 138 heavy (non-hydrogen) atoms. The molecular weight excluding hydrogens is 1740 g/mol. The highest BCUT2D eigenvalue weighted by atomic mass is 32.1. The highest BCUT2D eigenvalue weighted by molar-refractivity contribution is 7.19. The van der Waals surface area contributed by atoms with Crippen LogP contribution in [-0.2, 0) is 0 Å². The lowest BCUT2D eigenvalue weighted by Crippen LogP contribution is -2.01. The monoisotopic (exact) mass is 1820 g/mol. The Kier molecular flexibility index (Phi) is 21.3. The van der Waals surface area contributed by atoms with Crippen molar-refractivity contribution in [3.05, 3.63) is 483 Å². The van der Waals surface area contributed by atoms with Crippen LogP contribution in [0.2, 0.25) is 0 Å². The zero-order chi connectivity index (χ0) is 91.4. The standard InChI is InChI=1S/2C42H27N3S.C41H26N4S/c1-3-10-28(11-4-1)29-18-20-30(21-19-29)36-27-37(44-42(43-36)32-12-5-2-6-13-32)33-14-9-15-34(26-33)45-38-17-8-7-16-35(38)40-39(45)23-22-31-24-25-46-41(31)40;1-3-10-28(11-4-1)29-18-20-31(21-19-29)37-27-36(30-12-5-2-6-13-30)43-42(44-37)33-14-9-15-34(26-33)45-38-17-8-7-16-35(38)40-39(45)23-22-32-24-25-46-41(32)40;1-3-10-27(11-4-1)28-18-20-31(21-19-28)40-42-39(30-12-5-2-6-13-30)43-41(44-40)32-14-9-15-33(26-32)45-35-17-8-7-16-34(35)37-36(45)23-22-29-24-25-46-38(29)37/h2*1-27H;1-26H. The Morgan fingerprint density at radius 2 is 0.384 bits per heavy atom. The van der Waals surface area contributed by atoms with E-state index in [0.29, 0.717) is 29.1 Å². The summed E-state index contributed by atoms with van der Waals surface area (Å²) in [6.07, 6.45) is 0. The summed E-state index contributed by atoms with van der Waals surface area (Å²) in [5.41, 5.74) is 30.1. The smallest absolute Gasteiger partial charge is 0.164 e. The van der Waals surface area contributed by atoms with E-state index in [1.807, 2.05) is 84.1 Å². The number of benzene rings is 18. The number of hydrogen-bond donors (Lipinski definition) is 0. The summed E-state index contributed by atoms with van der Waals surface area (Å²) >= 11 is 5.41. The summed E-state index contributed by atoms with van der Waals surface area (Å²) in [4.78, 5) is 35.5. The van der Waals surface area contributed by atoms with Gasteiger partial charge in [-0.3, -0.25) is 0 Å². The first kappa shape index (κ1) is 82.3. The van der Waals surface area contributed by atoms with Crippen LogP contribution in [-0.4, -0.2) is 48.6 Å². The van der Waals surface area contributed by atoms with Gasteiger partial charge in [0.25, 0.3) is 0 Å². The zero-order valence-electron chi connectivity index (χ0n) is 74.4. The first-order valence-electron chi connectivity index (χ1n) is 46.1. The normalized spacial score (nSPS) is 11.5. The molecule has 9 heterocycles. The average Bonchev–Trinajstić information content (AvgIpc) is 1.59. The van der Waals surface area contributed by atoms with Crippen molar-refractivity contribution in [1.82, 2.24) is 48.6 Å². The van der Waals surface area contributed by atoms with Gasteiger partial charge in [-0.2, -0.15) is 0 Å². The fourth-order valence-electron chi connectivity index (χ4n) is 19.3. The quantitative estimate of drug-likeness (QED) is 0.101. The molecule has 0 aliphatic rings. The largest absolute Gasteiger partial charge is 0.309 e. The van der Waals surface area contributed by atoms with Crippen molar-refractivity contribution >= 4 is 130 Å². The van der Waals surface area contributed by atoms with Crippen molar-refractivity contribution in [2.24, 2.45) is 0 Å². The van der Waals surface area contributed by atoms with Gasteiger partial charge in [-0.1, -0.05) is 364 Å². The number of hydrogen-bond acceptors (Lipinski definition) is 10. The number of thiophene rings is 3. The van der Waals surface area contributed by atoms with E-state index in [1.165, 1.54) is 123 Å². The Bertz CT molecular complexity index is 8380. The van der Waals surface area contributed by atoms with Crippen LogP contribution >= 0.6 is 34.0 Å². The minimum Gasteiger partial charge on any atom is -0.309 e. The Labute approximate surface area is 807 Å². The molecule has 27 aromatic rings. The van der Waals surface area contributed by atoms with Crippen LogP contribution in [0.3, 0.4) is 0 Å². The number of para-hydroxylation sites is 3. The van der Waals surface area contributed by atoms with Crippen LogP contribution in [0.15, 0.2) is 483 Å². The number of nitrogens with zero attached hydrogens (tertiary/aromatic N) is 10. The molecule has 0 radical (unpaired) electrons. The van der Waals surface area contributed by atoms with Gasteiger partial charge in [-0.15, -0.1) is 34.0 Å². The third-order valence-electron chi connectivity index (χ3n) is 25.9. The number of fused-ring (bicyclic) bond motifs is 15. The summed E-state index contributed by atoms with van der Waals surface area (Å²) in [5.74, 6) is 3.34. The summed E-state index contributed by atoms with van der Waals surface area (Å²) < 4.78 is 11.1. The van der Waals surface area contributed by atoms with E-state index in [0.717, 1.165) is 95.5 Å². The molecule has 0 aliphatic carbocycles. The minimum absolute atomic E-state index is 0.638. The average molecular weight is 1820 g/mol. The first-order valence-corrected chi connectivity index (χ1v) is 48.7. The molecule has 0 fully saturated rings. The lowest BCUT2D eigenvalue weighted by Gasteiger charge is -2.12. The Balaban J connectivity index is 0.000000110. The van der Waals surface area contributed by atoms with Crippen LogP contribution in [0.4, 0.5) is 0 Å². The van der Waals surface area contributed by atoms with E-state index < -0.39 is 0 Å². The van der Waals surface area contributed by atoms with E-state index in [-0.39, 0.29) is 0 Å². The molecule has 0 aliphatic heterocycles. The molecule has 9 aromatic heterocycles. The van der Waals surface area contributed by atoms with Crippen molar-refractivity contribution < 1.29 is 0 Å². The maximum Gasteiger partial charge on any atom is 0.164 e. The molecule has 0 unspecified atom stereocenters. The van der Waals surface area contributed by atoms with Crippen molar-refractivity contribution in [3.63, 3.8) is 0 Å². The Hall–Kier alpha value is -17.6. The topological polar surface area (TPSA) is 105 Å². The molecule has 0 bridgehead atoms. The van der Waals surface area contributed by atoms with Gasteiger partial charge in [-0.25, -0.2) is 34.9 Å². The second kappa shape index (κ2) is 35.7. The van der Waals surface area contributed by atoms with Crippen molar-refractivity contribution in [2.45, 2.75) is 0 Å². The predicted octanol–water partition coefficient (Wildman–Crippen LogP) is 33.8. The molecule has 10 nitrogen and oxygen atoms in total. The van der Waals surface area contributed by atoms with Crippen molar-refractivity contribution in [1.29, 1.82) is 0 Å². The van der Waals surface area contributed by atoms with Gasteiger partial charge >= 0.3 is 0 Å². The van der Waals surface area contributed by atoms with Crippen LogP contribution < -0.4 is 0 Å². The van der Waals surface area contributed by atoms with Gasteiger partial charge in [0.1, 0.15) is 0 Å². The van der Waals surface area contributed by atoms with Gasteiger partial charge in [0.15, 0.2) is 29.1 Å². The molecule has 0 saturated carbocycles. The molecule has 0 atom stereocenters. The minimum atomic E-state index is 0.638. The highest BCUT2D eigenvalue weighted by Gasteiger charge is 2.24. The Morgan fingerprint density at radius 3 is 0.732 bits per heavy atom. The molecular formula is C125H80N10S3. The molecule has 0 spiro atoms.